The third-order valence-corrected chi connectivity index (χ3v) is 2.83. The predicted octanol–water partition coefficient (Wildman–Crippen LogP) is 3.23. The summed E-state index contributed by atoms with van der Waals surface area (Å²) in [4.78, 5) is 4.41. The highest BCUT2D eigenvalue weighted by Crippen LogP contribution is 2.24. The minimum Gasteiger partial charge on any atom is -0.448 e. The number of furan rings is 1. The van der Waals surface area contributed by atoms with E-state index in [1.54, 1.807) is 18.3 Å². The predicted molar refractivity (Wildman–Crippen MR) is 65.3 cm³/mol. The fourth-order valence-electron chi connectivity index (χ4n) is 1.63. The van der Waals surface area contributed by atoms with E-state index in [1.165, 1.54) is 0 Å². The van der Waals surface area contributed by atoms with Crippen LogP contribution in [0.3, 0.4) is 0 Å². The number of hydrogen-bond acceptors (Lipinski definition) is 3. The molecular weight excluding hydrogens is 282 g/mol. The van der Waals surface area contributed by atoms with Gasteiger partial charge in [0.05, 0.1) is 5.56 Å². The highest BCUT2D eigenvalue weighted by atomic mass is 79.9. The lowest BCUT2D eigenvalue weighted by atomic mass is 10.3. The molecule has 0 radical (unpaired) electrons. The van der Waals surface area contributed by atoms with Crippen molar-refractivity contribution in [1.29, 1.82) is 5.26 Å². The summed E-state index contributed by atoms with van der Waals surface area (Å²) < 4.78 is 7.91. The van der Waals surface area contributed by atoms with Crippen LogP contribution in [0, 0.1) is 11.3 Å². The van der Waals surface area contributed by atoms with E-state index in [2.05, 4.69) is 27.0 Å². The molecule has 0 aliphatic rings. The minimum atomic E-state index is 0.599. The molecule has 3 rings (SSSR count). The third kappa shape index (κ3) is 1.73. The molecular formula is C12H6BrN3O. The Morgan fingerprint density at radius 3 is 2.82 bits per heavy atom. The second-order valence-corrected chi connectivity index (χ2v) is 4.31. The molecule has 0 aliphatic carbocycles. The average Bonchev–Trinajstić information content (AvgIpc) is 2.93. The summed E-state index contributed by atoms with van der Waals surface area (Å²) in [7, 11) is 0. The van der Waals surface area contributed by atoms with Crippen LogP contribution in [0.4, 0.5) is 0 Å². The van der Waals surface area contributed by atoms with Crippen LogP contribution < -0.4 is 0 Å². The monoisotopic (exact) mass is 287 g/mol. The molecule has 0 bridgehead atoms. The molecule has 0 spiro atoms. The Morgan fingerprint density at radius 2 is 2.12 bits per heavy atom. The second kappa shape index (κ2) is 3.75. The first-order valence-electron chi connectivity index (χ1n) is 4.91. The third-order valence-electron chi connectivity index (χ3n) is 2.41. The Labute approximate surface area is 105 Å². The molecule has 3 heterocycles. The van der Waals surface area contributed by atoms with Crippen molar-refractivity contribution in [3.8, 4) is 17.5 Å². The van der Waals surface area contributed by atoms with Gasteiger partial charge in [-0.25, -0.2) is 4.98 Å². The number of fused-ring (bicyclic) bond motifs is 1. The summed E-state index contributed by atoms with van der Waals surface area (Å²) in [6, 6.07) is 9.30. The SMILES string of the molecule is N#Cc1ccc2nc(-c3ccc(Br)o3)cn2c1. The van der Waals surface area contributed by atoms with E-state index in [0.29, 0.717) is 16.0 Å². The van der Waals surface area contributed by atoms with Crippen LogP contribution in [0.5, 0.6) is 0 Å². The first-order chi connectivity index (χ1) is 8.26. The van der Waals surface area contributed by atoms with E-state index < -0.39 is 0 Å². The van der Waals surface area contributed by atoms with Gasteiger partial charge in [-0.1, -0.05) is 0 Å². The quantitative estimate of drug-likeness (QED) is 0.690. The lowest BCUT2D eigenvalue weighted by Crippen LogP contribution is -1.83. The molecule has 82 valence electrons. The van der Waals surface area contributed by atoms with Gasteiger partial charge in [0.15, 0.2) is 10.4 Å². The lowest BCUT2D eigenvalue weighted by molar-refractivity contribution is 0.554. The molecule has 0 fully saturated rings. The van der Waals surface area contributed by atoms with Crippen LogP contribution in [-0.2, 0) is 0 Å². The zero-order valence-corrected chi connectivity index (χ0v) is 10.2. The summed E-state index contributed by atoms with van der Waals surface area (Å²) in [5.41, 5.74) is 2.12. The summed E-state index contributed by atoms with van der Waals surface area (Å²) in [5.74, 6) is 0.694. The molecule has 0 saturated carbocycles. The van der Waals surface area contributed by atoms with Gasteiger partial charge in [-0.15, -0.1) is 0 Å². The molecule has 0 atom stereocenters. The Bertz CT molecular complexity index is 736. The van der Waals surface area contributed by atoms with E-state index in [4.69, 9.17) is 9.68 Å². The van der Waals surface area contributed by atoms with E-state index in [9.17, 15) is 0 Å². The van der Waals surface area contributed by atoms with Gasteiger partial charge in [0.25, 0.3) is 0 Å². The Morgan fingerprint density at radius 1 is 1.24 bits per heavy atom. The van der Waals surface area contributed by atoms with E-state index in [-0.39, 0.29) is 0 Å². The van der Waals surface area contributed by atoms with Crippen LogP contribution in [-0.4, -0.2) is 9.38 Å². The van der Waals surface area contributed by atoms with Gasteiger partial charge in [0.1, 0.15) is 17.4 Å². The largest absolute Gasteiger partial charge is 0.448 e. The maximum absolute atomic E-state index is 8.82. The molecule has 0 amide bonds. The summed E-state index contributed by atoms with van der Waals surface area (Å²) in [6.07, 6.45) is 3.57. The van der Waals surface area contributed by atoms with Gasteiger partial charge in [0.2, 0.25) is 0 Å². The Kier molecular flexibility index (Phi) is 2.23. The van der Waals surface area contributed by atoms with Crippen LogP contribution >= 0.6 is 15.9 Å². The summed E-state index contributed by atoms with van der Waals surface area (Å²) >= 11 is 3.25. The zero-order valence-electron chi connectivity index (χ0n) is 8.59. The molecule has 0 aliphatic heterocycles. The van der Waals surface area contributed by atoms with Crippen LogP contribution in [0.2, 0.25) is 0 Å². The second-order valence-electron chi connectivity index (χ2n) is 3.52. The molecule has 17 heavy (non-hydrogen) atoms. The van der Waals surface area contributed by atoms with Crippen LogP contribution in [0.15, 0.2) is 45.7 Å². The summed E-state index contributed by atoms with van der Waals surface area (Å²) in [6.45, 7) is 0. The van der Waals surface area contributed by atoms with Crippen molar-refractivity contribution < 1.29 is 4.42 Å². The van der Waals surface area contributed by atoms with Crippen molar-refractivity contribution in [2.24, 2.45) is 0 Å². The molecule has 0 saturated heterocycles. The zero-order chi connectivity index (χ0) is 11.8. The number of pyridine rings is 1. The summed E-state index contributed by atoms with van der Waals surface area (Å²) in [5, 5.41) is 8.82. The van der Waals surface area contributed by atoms with Crippen molar-refractivity contribution >= 4 is 21.6 Å². The molecule has 5 heteroatoms. The lowest BCUT2D eigenvalue weighted by Gasteiger charge is -1.91. The first-order valence-corrected chi connectivity index (χ1v) is 5.70. The number of rotatable bonds is 1. The Hall–Kier alpha value is -2.06. The van der Waals surface area contributed by atoms with Gasteiger partial charge in [-0.2, -0.15) is 5.26 Å². The number of imidazole rings is 1. The molecule has 0 N–H and O–H groups in total. The maximum Gasteiger partial charge on any atom is 0.169 e. The first kappa shape index (κ1) is 10.1. The van der Waals surface area contributed by atoms with E-state index in [1.807, 2.05) is 22.7 Å². The van der Waals surface area contributed by atoms with Crippen molar-refractivity contribution in [3.05, 3.63) is 46.9 Å². The topological polar surface area (TPSA) is 54.2 Å². The highest BCUT2D eigenvalue weighted by molar-refractivity contribution is 9.10. The number of nitrogens with zero attached hydrogens (tertiary/aromatic N) is 3. The minimum absolute atomic E-state index is 0.599. The van der Waals surface area contributed by atoms with Crippen molar-refractivity contribution in [1.82, 2.24) is 9.38 Å². The van der Waals surface area contributed by atoms with Gasteiger partial charge in [-0.05, 0) is 40.2 Å². The molecule has 3 aromatic rings. The number of aromatic nitrogens is 2. The fourth-order valence-corrected chi connectivity index (χ4v) is 1.94. The molecule has 3 aromatic heterocycles. The van der Waals surface area contributed by atoms with Gasteiger partial charge < -0.3 is 8.82 Å². The number of nitriles is 1. The van der Waals surface area contributed by atoms with E-state index in [0.717, 1.165) is 11.3 Å². The normalized spacial score (nSPS) is 10.6. The molecule has 4 nitrogen and oxygen atoms in total. The number of halogens is 1. The van der Waals surface area contributed by atoms with Crippen LogP contribution in [0.1, 0.15) is 5.56 Å². The smallest absolute Gasteiger partial charge is 0.169 e. The standard InChI is InChI=1S/C12H6BrN3O/c13-11-3-2-10(17-11)9-7-16-6-8(5-14)1-4-12(16)15-9/h1-4,6-7H. The van der Waals surface area contributed by atoms with Crippen molar-refractivity contribution in [2.45, 2.75) is 0 Å². The van der Waals surface area contributed by atoms with Gasteiger partial charge in [0, 0.05) is 12.4 Å². The average molecular weight is 288 g/mol. The Balaban J connectivity index is 2.17. The molecule has 0 aromatic carbocycles. The number of hydrogen-bond donors (Lipinski definition) is 0. The fraction of sp³-hybridized carbons (Fsp3) is 0. The highest BCUT2D eigenvalue weighted by Gasteiger charge is 2.08. The molecule has 0 unspecified atom stereocenters. The van der Waals surface area contributed by atoms with E-state index >= 15 is 0 Å². The van der Waals surface area contributed by atoms with Gasteiger partial charge >= 0.3 is 0 Å². The van der Waals surface area contributed by atoms with Crippen molar-refractivity contribution in [3.63, 3.8) is 0 Å². The van der Waals surface area contributed by atoms with Gasteiger partial charge in [-0.3, -0.25) is 0 Å². The van der Waals surface area contributed by atoms with Crippen LogP contribution in [0.25, 0.3) is 17.1 Å². The maximum atomic E-state index is 8.82. The van der Waals surface area contributed by atoms with Crippen molar-refractivity contribution in [2.75, 3.05) is 0 Å².